The predicted octanol–water partition coefficient (Wildman–Crippen LogP) is 2.35. The van der Waals surface area contributed by atoms with Gasteiger partial charge in [-0.25, -0.2) is 4.68 Å². The highest BCUT2D eigenvalue weighted by molar-refractivity contribution is 6.00. The standard InChI is InChI=1S/C24H27N5O2/c1-18-7-6-8-19(15-18)23-21(16-29(26-23)20-9-4-3-5-10-20)24(31)28-13-11-27(12-14-28)17-22(30)25-2/h3-10,15-16H,11-14,17H2,1-2H3,(H,25,30). The van der Waals surface area contributed by atoms with E-state index >= 15 is 0 Å². The molecule has 7 heteroatoms. The maximum atomic E-state index is 13.5. The smallest absolute Gasteiger partial charge is 0.257 e. The van der Waals surface area contributed by atoms with Crippen molar-refractivity contribution in [1.82, 2.24) is 24.9 Å². The third-order valence-corrected chi connectivity index (χ3v) is 5.56. The lowest BCUT2D eigenvalue weighted by atomic mass is 10.0. The van der Waals surface area contributed by atoms with E-state index in [0.717, 1.165) is 16.8 Å². The van der Waals surface area contributed by atoms with Gasteiger partial charge in [-0.05, 0) is 25.1 Å². The van der Waals surface area contributed by atoms with Crippen LogP contribution < -0.4 is 5.32 Å². The van der Waals surface area contributed by atoms with Gasteiger partial charge in [0.25, 0.3) is 5.91 Å². The van der Waals surface area contributed by atoms with Gasteiger partial charge in [0.2, 0.25) is 5.91 Å². The van der Waals surface area contributed by atoms with Crippen molar-refractivity contribution in [3.63, 3.8) is 0 Å². The molecule has 0 unspecified atom stereocenters. The third kappa shape index (κ3) is 4.67. The van der Waals surface area contributed by atoms with E-state index in [1.54, 1.807) is 11.7 Å². The number of hydrogen-bond acceptors (Lipinski definition) is 4. The minimum Gasteiger partial charge on any atom is -0.358 e. The molecular weight excluding hydrogens is 390 g/mol. The zero-order valence-corrected chi connectivity index (χ0v) is 17.9. The van der Waals surface area contributed by atoms with Gasteiger partial charge in [0, 0.05) is 45.0 Å². The fraction of sp³-hybridized carbons (Fsp3) is 0.292. The Labute approximate surface area is 182 Å². The molecule has 0 aliphatic carbocycles. The molecule has 1 N–H and O–H groups in total. The average molecular weight is 418 g/mol. The molecule has 2 amide bonds. The fourth-order valence-corrected chi connectivity index (χ4v) is 3.81. The quantitative estimate of drug-likeness (QED) is 0.692. The van der Waals surface area contributed by atoms with E-state index in [0.29, 0.717) is 44.0 Å². The van der Waals surface area contributed by atoms with Gasteiger partial charge < -0.3 is 10.2 Å². The second-order valence-corrected chi connectivity index (χ2v) is 7.78. The summed E-state index contributed by atoms with van der Waals surface area (Å²) in [4.78, 5) is 29.0. The number of hydrogen-bond donors (Lipinski definition) is 1. The Hall–Kier alpha value is -3.45. The molecule has 1 aliphatic rings. The number of likely N-dealkylation sites (N-methyl/N-ethyl adjacent to an activating group) is 1. The van der Waals surface area contributed by atoms with Crippen LogP contribution in [0.5, 0.6) is 0 Å². The fourth-order valence-electron chi connectivity index (χ4n) is 3.81. The Morgan fingerprint density at radius 1 is 1.00 bits per heavy atom. The number of carbonyl (C=O) groups excluding carboxylic acids is 2. The summed E-state index contributed by atoms with van der Waals surface area (Å²) in [5, 5.41) is 7.43. The first-order valence-electron chi connectivity index (χ1n) is 10.5. The maximum Gasteiger partial charge on any atom is 0.257 e. The number of aryl methyl sites for hydroxylation is 1. The number of amides is 2. The van der Waals surface area contributed by atoms with Crippen LogP contribution in [-0.4, -0.2) is 71.2 Å². The summed E-state index contributed by atoms with van der Waals surface area (Å²) in [5.41, 5.74) is 4.23. The number of nitrogens with one attached hydrogen (secondary N) is 1. The summed E-state index contributed by atoms with van der Waals surface area (Å²) in [6.07, 6.45) is 1.83. The van der Waals surface area contributed by atoms with Gasteiger partial charge in [0.1, 0.15) is 5.69 Å². The van der Waals surface area contributed by atoms with Crippen LogP contribution in [0.3, 0.4) is 0 Å². The van der Waals surface area contributed by atoms with Gasteiger partial charge in [-0.2, -0.15) is 5.10 Å². The summed E-state index contributed by atoms with van der Waals surface area (Å²) in [7, 11) is 1.64. The van der Waals surface area contributed by atoms with Crippen LogP contribution in [0.25, 0.3) is 16.9 Å². The molecule has 0 spiro atoms. The summed E-state index contributed by atoms with van der Waals surface area (Å²) < 4.78 is 1.77. The van der Waals surface area contributed by atoms with E-state index in [1.807, 2.05) is 66.6 Å². The second-order valence-electron chi connectivity index (χ2n) is 7.78. The van der Waals surface area contributed by atoms with Gasteiger partial charge in [0.15, 0.2) is 0 Å². The lowest BCUT2D eigenvalue weighted by Gasteiger charge is -2.34. The van der Waals surface area contributed by atoms with Gasteiger partial charge in [-0.1, -0.05) is 42.0 Å². The number of nitrogens with zero attached hydrogens (tertiary/aromatic N) is 4. The van der Waals surface area contributed by atoms with Gasteiger partial charge in [-0.15, -0.1) is 0 Å². The lowest BCUT2D eigenvalue weighted by molar-refractivity contribution is -0.122. The summed E-state index contributed by atoms with van der Waals surface area (Å²) >= 11 is 0. The monoisotopic (exact) mass is 417 g/mol. The Balaban J connectivity index is 1.61. The minimum absolute atomic E-state index is 0.00866. The predicted molar refractivity (Wildman–Crippen MR) is 120 cm³/mol. The molecule has 2 heterocycles. The number of rotatable bonds is 5. The van der Waals surface area contributed by atoms with Crippen molar-refractivity contribution in [2.24, 2.45) is 0 Å². The number of para-hydroxylation sites is 1. The van der Waals surface area contributed by atoms with Crippen LogP contribution in [0.1, 0.15) is 15.9 Å². The molecule has 3 aromatic rings. The van der Waals surface area contributed by atoms with E-state index in [9.17, 15) is 9.59 Å². The Morgan fingerprint density at radius 2 is 1.74 bits per heavy atom. The van der Waals surface area contributed by atoms with Crippen molar-refractivity contribution in [1.29, 1.82) is 0 Å². The molecule has 1 aromatic heterocycles. The SMILES string of the molecule is CNC(=O)CN1CCN(C(=O)c2cn(-c3ccccc3)nc2-c2cccc(C)c2)CC1. The summed E-state index contributed by atoms with van der Waals surface area (Å²) in [6.45, 7) is 4.90. The molecule has 0 saturated carbocycles. The van der Waals surface area contributed by atoms with Gasteiger partial charge in [0.05, 0.1) is 17.8 Å². The zero-order valence-electron chi connectivity index (χ0n) is 17.9. The maximum absolute atomic E-state index is 13.5. The van der Waals surface area contributed by atoms with Crippen molar-refractivity contribution in [2.75, 3.05) is 39.8 Å². The molecule has 1 saturated heterocycles. The Kier molecular flexibility index (Phi) is 6.13. The number of aromatic nitrogens is 2. The van der Waals surface area contributed by atoms with Crippen molar-refractivity contribution in [3.8, 4) is 16.9 Å². The van der Waals surface area contributed by atoms with Crippen molar-refractivity contribution in [3.05, 3.63) is 71.9 Å². The van der Waals surface area contributed by atoms with Crippen LogP contribution in [0, 0.1) is 6.92 Å². The number of piperazine rings is 1. The first-order chi connectivity index (χ1) is 15.0. The minimum atomic E-state index is -0.0294. The van der Waals surface area contributed by atoms with Crippen LogP contribution in [-0.2, 0) is 4.79 Å². The molecule has 1 fully saturated rings. The highest BCUT2D eigenvalue weighted by atomic mass is 16.2. The largest absolute Gasteiger partial charge is 0.358 e. The van der Waals surface area contributed by atoms with E-state index in [1.165, 1.54) is 0 Å². The Morgan fingerprint density at radius 3 is 2.42 bits per heavy atom. The first-order valence-corrected chi connectivity index (χ1v) is 10.5. The van der Waals surface area contributed by atoms with Crippen LogP contribution in [0.2, 0.25) is 0 Å². The highest BCUT2D eigenvalue weighted by Crippen LogP contribution is 2.26. The summed E-state index contributed by atoms with van der Waals surface area (Å²) in [5.74, 6) is -0.0380. The normalized spacial score (nSPS) is 14.5. The van der Waals surface area contributed by atoms with E-state index in [2.05, 4.69) is 16.3 Å². The molecule has 0 bridgehead atoms. The molecule has 160 valence electrons. The molecular formula is C24H27N5O2. The van der Waals surface area contributed by atoms with E-state index in [-0.39, 0.29) is 11.8 Å². The average Bonchev–Trinajstić information content (AvgIpc) is 3.25. The molecule has 1 aliphatic heterocycles. The van der Waals surface area contributed by atoms with Crippen LogP contribution in [0.15, 0.2) is 60.8 Å². The molecule has 7 nitrogen and oxygen atoms in total. The topological polar surface area (TPSA) is 70.5 Å². The van der Waals surface area contributed by atoms with E-state index in [4.69, 9.17) is 5.10 Å². The van der Waals surface area contributed by atoms with Crippen molar-refractivity contribution < 1.29 is 9.59 Å². The van der Waals surface area contributed by atoms with Gasteiger partial charge in [-0.3, -0.25) is 14.5 Å². The lowest BCUT2D eigenvalue weighted by Crippen LogP contribution is -2.50. The van der Waals surface area contributed by atoms with Crippen LogP contribution >= 0.6 is 0 Å². The zero-order chi connectivity index (χ0) is 21.8. The van der Waals surface area contributed by atoms with E-state index < -0.39 is 0 Å². The molecule has 31 heavy (non-hydrogen) atoms. The van der Waals surface area contributed by atoms with Crippen molar-refractivity contribution in [2.45, 2.75) is 6.92 Å². The third-order valence-electron chi connectivity index (χ3n) is 5.56. The molecule has 4 rings (SSSR count). The van der Waals surface area contributed by atoms with Crippen molar-refractivity contribution >= 4 is 11.8 Å². The number of carbonyl (C=O) groups is 2. The molecule has 0 atom stereocenters. The second kappa shape index (κ2) is 9.14. The Bertz CT molecular complexity index is 1070. The number of benzene rings is 2. The summed E-state index contributed by atoms with van der Waals surface area (Å²) in [6, 6.07) is 17.9. The van der Waals surface area contributed by atoms with Crippen LogP contribution in [0.4, 0.5) is 0 Å². The van der Waals surface area contributed by atoms with Gasteiger partial charge >= 0.3 is 0 Å². The first kappa shape index (κ1) is 20.8. The molecule has 0 radical (unpaired) electrons. The highest BCUT2D eigenvalue weighted by Gasteiger charge is 2.27. The molecule has 2 aromatic carbocycles.